The van der Waals surface area contributed by atoms with Crippen LogP contribution in [0, 0.1) is 25.7 Å². The normalized spacial score (nSPS) is 23.3. The number of likely N-dealkylation sites (tertiary alicyclic amines) is 1. The van der Waals surface area contributed by atoms with Gasteiger partial charge in [-0.05, 0) is 55.4 Å². The Morgan fingerprint density at radius 3 is 2.21 bits per heavy atom. The molecule has 1 aliphatic heterocycles. The van der Waals surface area contributed by atoms with Gasteiger partial charge in [-0.1, -0.05) is 32.0 Å². The number of thiocarbonyl (C=S) groups is 1. The molecule has 1 N–H and O–H groups in total. The van der Waals surface area contributed by atoms with Crippen molar-refractivity contribution in [3.05, 3.63) is 29.3 Å². The van der Waals surface area contributed by atoms with Gasteiger partial charge in [-0.2, -0.15) is 0 Å². The molecule has 1 saturated heterocycles. The molecule has 2 rings (SSSR count). The number of hydrogen-bond acceptors (Lipinski definition) is 1. The van der Waals surface area contributed by atoms with Crippen molar-refractivity contribution >= 4 is 23.0 Å². The van der Waals surface area contributed by atoms with Crippen molar-refractivity contribution in [2.24, 2.45) is 11.8 Å². The first-order valence-electron chi connectivity index (χ1n) is 7.09. The molecule has 2 nitrogen and oxygen atoms in total. The van der Waals surface area contributed by atoms with Crippen LogP contribution < -0.4 is 5.32 Å². The van der Waals surface area contributed by atoms with Gasteiger partial charge in [0.1, 0.15) is 0 Å². The van der Waals surface area contributed by atoms with Crippen LogP contribution in [-0.2, 0) is 0 Å². The molecular formula is C16H24N2S. The first kappa shape index (κ1) is 14.3. The molecule has 19 heavy (non-hydrogen) atoms. The maximum Gasteiger partial charge on any atom is 0.173 e. The van der Waals surface area contributed by atoms with Crippen LogP contribution in [0.2, 0.25) is 0 Å². The molecular weight excluding hydrogens is 252 g/mol. The topological polar surface area (TPSA) is 15.3 Å². The SMILES string of the molecule is Cc1cccc(C)c1NC(=S)N1C[C@H](C)C[C@H](C)C1. The van der Waals surface area contributed by atoms with Crippen LogP contribution in [-0.4, -0.2) is 23.1 Å². The summed E-state index contributed by atoms with van der Waals surface area (Å²) in [5.74, 6) is 1.45. The summed E-state index contributed by atoms with van der Waals surface area (Å²) in [4.78, 5) is 2.32. The first-order chi connectivity index (χ1) is 8.97. The Balaban J connectivity index is 2.08. The van der Waals surface area contributed by atoms with Crippen LogP contribution in [0.25, 0.3) is 0 Å². The highest BCUT2D eigenvalue weighted by molar-refractivity contribution is 7.80. The Bertz CT molecular complexity index is 440. The molecule has 0 aliphatic carbocycles. The lowest BCUT2D eigenvalue weighted by molar-refractivity contribution is 0.216. The van der Waals surface area contributed by atoms with Gasteiger partial charge in [0.05, 0.1) is 0 Å². The average molecular weight is 276 g/mol. The van der Waals surface area contributed by atoms with Crippen molar-refractivity contribution in [2.75, 3.05) is 18.4 Å². The minimum Gasteiger partial charge on any atom is -0.348 e. The second-order valence-electron chi connectivity index (χ2n) is 6.05. The zero-order valence-electron chi connectivity index (χ0n) is 12.4. The third-order valence-electron chi connectivity index (χ3n) is 3.87. The summed E-state index contributed by atoms with van der Waals surface area (Å²) in [7, 11) is 0. The predicted octanol–water partition coefficient (Wildman–Crippen LogP) is 3.98. The number of hydrogen-bond donors (Lipinski definition) is 1. The molecule has 0 aromatic heterocycles. The third kappa shape index (κ3) is 3.47. The smallest absolute Gasteiger partial charge is 0.173 e. The van der Waals surface area contributed by atoms with E-state index in [0.29, 0.717) is 0 Å². The molecule has 104 valence electrons. The van der Waals surface area contributed by atoms with Crippen molar-refractivity contribution in [1.82, 2.24) is 4.90 Å². The van der Waals surface area contributed by atoms with Gasteiger partial charge >= 0.3 is 0 Å². The number of para-hydroxylation sites is 1. The largest absolute Gasteiger partial charge is 0.348 e. The molecule has 2 atom stereocenters. The van der Waals surface area contributed by atoms with E-state index in [1.165, 1.54) is 23.2 Å². The van der Waals surface area contributed by atoms with Crippen LogP contribution in [0.5, 0.6) is 0 Å². The minimum atomic E-state index is 0.724. The Morgan fingerprint density at radius 2 is 1.68 bits per heavy atom. The molecule has 1 aromatic rings. The van der Waals surface area contributed by atoms with Crippen molar-refractivity contribution in [3.63, 3.8) is 0 Å². The van der Waals surface area contributed by atoms with E-state index in [4.69, 9.17) is 12.2 Å². The van der Waals surface area contributed by atoms with Gasteiger partial charge in [0.25, 0.3) is 0 Å². The van der Waals surface area contributed by atoms with Gasteiger partial charge < -0.3 is 10.2 Å². The van der Waals surface area contributed by atoms with Crippen LogP contribution in [0.4, 0.5) is 5.69 Å². The van der Waals surface area contributed by atoms with Gasteiger partial charge in [0.15, 0.2) is 5.11 Å². The maximum atomic E-state index is 5.60. The third-order valence-corrected chi connectivity index (χ3v) is 4.23. The Hall–Kier alpha value is -1.09. The van der Waals surface area contributed by atoms with Crippen LogP contribution in [0.1, 0.15) is 31.4 Å². The Kier molecular flexibility index (Phi) is 4.46. The lowest BCUT2D eigenvalue weighted by Crippen LogP contribution is -2.44. The second-order valence-corrected chi connectivity index (χ2v) is 6.43. The standard InChI is InChI=1S/C16H24N2S/c1-11-8-12(2)10-18(9-11)16(19)17-15-13(3)6-5-7-14(15)4/h5-7,11-12H,8-10H2,1-4H3,(H,17,19)/t11-,12+. The molecule has 3 heteroatoms. The van der Waals surface area contributed by atoms with Gasteiger partial charge in [0.2, 0.25) is 0 Å². The summed E-state index contributed by atoms with van der Waals surface area (Å²) >= 11 is 5.60. The molecule has 0 unspecified atom stereocenters. The molecule has 0 spiro atoms. The van der Waals surface area contributed by atoms with E-state index in [2.05, 4.69) is 56.1 Å². The predicted molar refractivity (Wildman–Crippen MR) is 86.7 cm³/mol. The number of piperidine rings is 1. The number of benzene rings is 1. The van der Waals surface area contributed by atoms with Crippen molar-refractivity contribution < 1.29 is 0 Å². The van der Waals surface area contributed by atoms with Crippen molar-refractivity contribution in [3.8, 4) is 0 Å². The number of aryl methyl sites for hydroxylation is 2. The average Bonchev–Trinajstić information content (AvgIpc) is 2.32. The fourth-order valence-electron chi connectivity index (χ4n) is 3.03. The molecule has 1 heterocycles. The van der Waals surface area contributed by atoms with E-state index in [1.807, 2.05) is 0 Å². The molecule has 0 bridgehead atoms. The van der Waals surface area contributed by atoms with E-state index in [9.17, 15) is 0 Å². The van der Waals surface area contributed by atoms with Gasteiger partial charge in [-0.15, -0.1) is 0 Å². The van der Waals surface area contributed by atoms with E-state index >= 15 is 0 Å². The summed E-state index contributed by atoms with van der Waals surface area (Å²) in [6.45, 7) is 11.0. The zero-order valence-corrected chi connectivity index (χ0v) is 13.2. The summed E-state index contributed by atoms with van der Waals surface area (Å²) in [5, 5.41) is 4.32. The van der Waals surface area contributed by atoms with Crippen molar-refractivity contribution in [2.45, 2.75) is 34.1 Å². The minimum absolute atomic E-state index is 0.724. The summed E-state index contributed by atoms with van der Waals surface area (Å²) in [6, 6.07) is 6.34. The van der Waals surface area contributed by atoms with E-state index in [1.54, 1.807) is 0 Å². The lowest BCUT2D eigenvalue weighted by atomic mass is 9.92. The summed E-state index contributed by atoms with van der Waals surface area (Å²) in [5.41, 5.74) is 3.67. The summed E-state index contributed by atoms with van der Waals surface area (Å²) < 4.78 is 0. The molecule has 1 aromatic carbocycles. The summed E-state index contributed by atoms with van der Waals surface area (Å²) in [6.07, 6.45) is 1.31. The van der Waals surface area contributed by atoms with Crippen LogP contribution in [0.3, 0.4) is 0 Å². The van der Waals surface area contributed by atoms with Gasteiger partial charge in [-0.3, -0.25) is 0 Å². The maximum absolute atomic E-state index is 5.60. The molecule has 1 fully saturated rings. The highest BCUT2D eigenvalue weighted by Gasteiger charge is 2.23. The molecule has 0 amide bonds. The van der Waals surface area contributed by atoms with Crippen molar-refractivity contribution in [1.29, 1.82) is 0 Å². The fourth-order valence-corrected chi connectivity index (χ4v) is 3.28. The quantitative estimate of drug-likeness (QED) is 0.781. The second kappa shape index (κ2) is 5.91. The number of nitrogens with zero attached hydrogens (tertiary/aromatic N) is 1. The van der Waals surface area contributed by atoms with Gasteiger partial charge in [0, 0.05) is 18.8 Å². The highest BCUT2D eigenvalue weighted by atomic mass is 32.1. The number of nitrogens with one attached hydrogen (secondary N) is 1. The molecule has 1 aliphatic rings. The van der Waals surface area contributed by atoms with Gasteiger partial charge in [-0.25, -0.2) is 0 Å². The van der Waals surface area contributed by atoms with E-state index in [0.717, 1.165) is 30.0 Å². The monoisotopic (exact) mass is 276 g/mol. The first-order valence-corrected chi connectivity index (χ1v) is 7.50. The number of anilines is 1. The van der Waals surface area contributed by atoms with E-state index < -0.39 is 0 Å². The fraction of sp³-hybridized carbons (Fsp3) is 0.562. The molecule has 0 radical (unpaired) electrons. The van der Waals surface area contributed by atoms with Crippen LogP contribution in [0.15, 0.2) is 18.2 Å². The Labute approximate surface area is 122 Å². The Morgan fingerprint density at radius 1 is 1.16 bits per heavy atom. The number of rotatable bonds is 1. The highest BCUT2D eigenvalue weighted by Crippen LogP contribution is 2.24. The van der Waals surface area contributed by atoms with E-state index in [-0.39, 0.29) is 0 Å². The van der Waals surface area contributed by atoms with Crippen LogP contribution >= 0.6 is 12.2 Å². The zero-order chi connectivity index (χ0) is 14.0. The lowest BCUT2D eigenvalue weighted by Gasteiger charge is -2.37. The molecule has 0 saturated carbocycles.